The van der Waals surface area contributed by atoms with E-state index in [1.165, 1.54) is 9.13 Å². The van der Waals surface area contributed by atoms with Gasteiger partial charge in [0.25, 0.3) is 0 Å². The third-order valence-electron chi connectivity index (χ3n) is 3.05. The van der Waals surface area contributed by atoms with E-state index in [9.17, 15) is 4.79 Å². The summed E-state index contributed by atoms with van der Waals surface area (Å²) in [5, 5.41) is 8.59. The number of aromatic nitrogens is 2. The lowest BCUT2D eigenvalue weighted by atomic mass is 10.1. The normalized spacial score (nSPS) is 12.8. The van der Waals surface area contributed by atoms with Crippen molar-refractivity contribution in [2.45, 2.75) is 6.92 Å². The first kappa shape index (κ1) is 15.7. The van der Waals surface area contributed by atoms with Crippen LogP contribution in [-0.2, 0) is 14.1 Å². The molecule has 2 aromatic rings. The van der Waals surface area contributed by atoms with Crippen LogP contribution in [-0.4, -0.2) is 14.8 Å². The lowest BCUT2D eigenvalue weighted by molar-refractivity contribution is 0.670. The lowest BCUT2D eigenvalue weighted by Gasteiger charge is -2.04. The van der Waals surface area contributed by atoms with Crippen molar-refractivity contribution in [1.82, 2.24) is 9.13 Å². The minimum Gasteiger partial charge on any atom is -0.287 e. The first-order chi connectivity index (χ1) is 9.90. The van der Waals surface area contributed by atoms with Gasteiger partial charge in [-0.2, -0.15) is 5.10 Å². The predicted octanol–water partition coefficient (Wildman–Crippen LogP) is 2.46. The van der Waals surface area contributed by atoms with E-state index in [0.717, 1.165) is 15.7 Å². The zero-order valence-corrected chi connectivity index (χ0v) is 14.2. The number of halogens is 2. The van der Waals surface area contributed by atoms with Gasteiger partial charge in [-0.05, 0) is 24.6 Å². The summed E-state index contributed by atoms with van der Waals surface area (Å²) >= 11 is 9.36. The van der Waals surface area contributed by atoms with Gasteiger partial charge in [-0.15, -0.1) is 5.10 Å². The van der Waals surface area contributed by atoms with E-state index in [1.54, 1.807) is 20.2 Å². The van der Waals surface area contributed by atoms with Crippen molar-refractivity contribution >= 4 is 33.2 Å². The molecule has 0 bridgehead atoms. The van der Waals surface area contributed by atoms with Crippen LogP contribution in [0.4, 0.5) is 0 Å². The fourth-order valence-corrected chi connectivity index (χ4v) is 2.12. The molecule has 0 fully saturated rings. The zero-order chi connectivity index (χ0) is 15.6. The minimum atomic E-state index is -0.252. The molecule has 0 aliphatic carbocycles. The molecule has 0 amide bonds. The van der Waals surface area contributed by atoms with E-state index in [2.05, 4.69) is 26.1 Å². The molecule has 5 nitrogen and oxygen atoms in total. The van der Waals surface area contributed by atoms with Crippen LogP contribution in [0.2, 0.25) is 5.15 Å². The van der Waals surface area contributed by atoms with Crippen molar-refractivity contribution in [3.63, 3.8) is 0 Å². The van der Waals surface area contributed by atoms with Gasteiger partial charge in [0, 0.05) is 24.6 Å². The third kappa shape index (κ3) is 3.51. The van der Waals surface area contributed by atoms with Crippen molar-refractivity contribution in [2.24, 2.45) is 24.3 Å². The zero-order valence-electron chi connectivity index (χ0n) is 11.8. The number of rotatable bonds is 2. The van der Waals surface area contributed by atoms with Gasteiger partial charge < -0.3 is 0 Å². The van der Waals surface area contributed by atoms with Crippen LogP contribution in [0.3, 0.4) is 0 Å². The molecule has 1 aromatic carbocycles. The highest BCUT2D eigenvalue weighted by Gasteiger charge is 2.02. The highest BCUT2D eigenvalue weighted by molar-refractivity contribution is 9.10. The van der Waals surface area contributed by atoms with Gasteiger partial charge in [-0.25, -0.2) is 4.79 Å². The third-order valence-corrected chi connectivity index (χ3v) is 3.94. The van der Waals surface area contributed by atoms with E-state index in [4.69, 9.17) is 11.6 Å². The summed E-state index contributed by atoms with van der Waals surface area (Å²) in [5.41, 5.74) is 1.86. The van der Waals surface area contributed by atoms with Crippen LogP contribution in [0, 0.1) is 0 Å². The molecular weight excluding hydrogens is 356 g/mol. The molecule has 1 aromatic heterocycles. The van der Waals surface area contributed by atoms with Crippen molar-refractivity contribution < 1.29 is 0 Å². The number of benzene rings is 1. The van der Waals surface area contributed by atoms with Crippen molar-refractivity contribution in [1.29, 1.82) is 0 Å². The van der Waals surface area contributed by atoms with Gasteiger partial charge in [0.15, 0.2) is 5.49 Å². The van der Waals surface area contributed by atoms with Gasteiger partial charge >= 0.3 is 5.69 Å². The Bertz CT molecular complexity index is 818. The minimum absolute atomic E-state index is 0.252. The summed E-state index contributed by atoms with van der Waals surface area (Å²) in [7, 11) is 3.23. The predicted molar refractivity (Wildman–Crippen MR) is 87.6 cm³/mol. The molecule has 0 aliphatic rings. The Balaban J connectivity index is 2.48. The SMILES string of the molecule is C/C(=N/N=c1\cc(Cl)n(C)c(=O)n1C)c1ccc(Br)cc1. The number of nitrogens with zero attached hydrogens (tertiary/aromatic N) is 4. The molecular formula is C14H14BrClN4O. The van der Waals surface area contributed by atoms with Crippen LogP contribution in [0.5, 0.6) is 0 Å². The standard InChI is InChI=1S/C14H14BrClN4O/c1-9(10-4-6-11(15)7-5-10)17-18-13-8-12(16)19(2)14(21)20(13)3/h4-8H,1-3H3/b17-9-,18-13+. The molecule has 0 saturated carbocycles. The Labute approximate surface area is 135 Å². The van der Waals surface area contributed by atoms with E-state index in [0.29, 0.717) is 10.6 Å². The van der Waals surface area contributed by atoms with Crippen LogP contribution in [0.15, 0.2) is 49.8 Å². The summed E-state index contributed by atoms with van der Waals surface area (Å²) in [6, 6.07) is 9.35. The molecule has 0 aliphatic heterocycles. The highest BCUT2D eigenvalue weighted by Crippen LogP contribution is 2.11. The molecule has 0 atom stereocenters. The molecule has 7 heteroatoms. The van der Waals surface area contributed by atoms with Gasteiger partial charge in [0.2, 0.25) is 0 Å². The second-order valence-electron chi connectivity index (χ2n) is 4.52. The molecule has 21 heavy (non-hydrogen) atoms. The van der Waals surface area contributed by atoms with Gasteiger partial charge in [-0.3, -0.25) is 9.13 Å². The first-order valence-electron chi connectivity index (χ1n) is 6.17. The molecule has 0 spiro atoms. The second-order valence-corrected chi connectivity index (χ2v) is 5.82. The fraction of sp³-hybridized carbons (Fsp3) is 0.214. The Morgan fingerprint density at radius 2 is 1.81 bits per heavy atom. The Morgan fingerprint density at radius 1 is 1.19 bits per heavy atom. The fourth-order valence-electron chi connectivity index (χ4n) is 1.69. The maximum absolute atomic E-state index is 11.9. The molecule has 110 valence electrons. The van der Waals surface area contributed by atoms with Gasteiger partial charge in [0.1, 0.15) is 5.15 Å². The molecule has 2 rings (SSSR count). The molecule has 1 heterocycles. The van der Waals surface area contributed by atoms with Crippen LogP contribution in [0.25, 0.3) is 0 Å². The summed E-state index contributed by atoms with van der Waals surface area (Å²) in [6.45, 7) is 1.86. The van der Waals surface area contributed by atoms with Crippen LogP contribution in [0.1, 0.15) is 12.5 Å². The topological polar surface area (TPSA) is 51.6 Å². The smallest absolute Gasteiger partial charge is 0.287 e. The number of hydrogen-bond donors (Lipinski definition) is 0. The van der Waals surface area contributed by atoms with Gasteiger partial charge in [-0.1, -0.05) is 39.7 Å². The molecule has 0 radical (unpaired) electrons. The molecule has 0 N–H and O–H groups in total. The average molecular weight is 370 g/mol. The summed E-state index contributed by atoms with van der Waals surface area (Å²) in [5.74, 6) is 0. The Hall–Kier alpha value is -1.66. The average Bonchev–Trinajstić information content (AvgIpc) is 2.48. The lowest BCUT2D eigenvalue weighted by Crippen LogP contribution is -2.37. The van der Waals surface area contributed by atoms with Crippen molar-refractivity contribution in [3.8, 4) is 0 Å². The van der Waals surface area contributed by atoms with E-state index >= 15 is 0 Å². The Morgan fingerprint density at radius 3 is 2.43 bits per heavy atom. The van der Waals surface area contributed by atoms with E-state index in [1.807, 2.05) is 31.2 Å². The van der Waals surface area contributed by atoms with Gasteiger partial charge in [0.05, 0.1) is 5.71 Å². The maximum atomic E-state index is 11.9. The molecule has 0 saturated heterocycles. The second kappa shape index (κ2) is 6.41. The van der Waals surface area contributed by atoms with Crippen molar-refractivity contribution in [2.75, 3.05) is 0 Å². The maximum Gasteiger partial charge on any atom is 0.330 e. The highest BCUT2D eigenvalue weighted by atomic mass is 79.9. The summed E-state index contributed by atoms with van der Waals surface area (Å²) in [6.07, 6.45) is 0. The summed E-state index contributed by atoms with van der Waals surface area (Å²) in [4.78, 5) is 11.9. The Kier molecular flexibility index (Phi) is 4.80. The van der Waals surface area contributed by atoms with E-state index in [-0.39, 0.29) is 5.69 Å². The van der Waals surface area contributed by atoms with Crippen LogP contribution >= 0.6 is 27.5 Å². The van der Waals surface area contributed by atoms with Crippen molar-refractivity contribution in [3.05, 3.63) is 61.5 Å². The summed E-state index contributed by atoms with van der Waals surface area (Å²) < 4.78 is 3.73. The van der Waals surface area contributed by atoms with Crippen LogP contribution < -0.4 is 11.2 Å². The van der Waals surface area contributed by atoms with E-state index < -0.39 is 0 Å². The number of hydrogen-bond acceptors (Lipinski definition) is 3. The molecule has 0 unspecified atom stereocenters. The largest absolute Gasteiger partial charge is 0.330 e. The quantitative estimate of drug-likeness (QED) is 0.456. The first-order valence-corrected chi connectivity index (χ1v) is 7.34. The monoisotopic (exact) mass is 368 g/mol.